The number of nitro groups is 1. The molecular formula is C16H15N3O7. The molecule has 10 nitrogen and oxygen atoms in total. The molecular weight excluding hydrogens is 346 g/mol. The van der Waals surface area contributed by atoms with Crippen molar-refractivity contribution >= 4 is 23.8 Å². The predicted octanol–water partition coefficient (Wildman–Crippen LogP) is 1.59. The van der Waals surface area contributed by atoms with Gasteiger partial charge in [0.15, 0.2) is 18.0 Å². The summed E-state index contributed by atoms with van der Waals surface area (Å²) in [5.74, 6) is -1.12. The molecule has 0 saturated heterocycles. The average Bonchev–Trinajstić information content (AvgIpc) is 3.09. The number of esters is 2. The second-order valence-corrected chi connectivity index (χ2v) is 4.87. The summed E-state index contributed by atoms with van der Waals surface area (Å²) < 4.78 is 16.0. The smallest absolute Gasteiger partial charge is 0.389 e. The fourth-order valence-electron chi connectivity index (χ4n) is 1.93. The minimum absolute atomic E-state index is 0.161. The van der Waals surface area contributed by atoms with Gasteiger partial charge in [-0.3, -0.25) is 0 Å². The van der Waals surface area contributed by atoms with Gasteiger partial charge in [-0.05, 0) is 28.7 Å². The highest BCUT2D eigenvalue weighted by atomic mass is 16.6. The van der Waals surface area contributed by atoms with E-state index in [1.54, 1.807) is 12.1 Å². The Morgan fingerprint density at radius 1 is 1.27 bits per heavy atom. The summed E-state index contributed by atoms with van der Waals surface area (Å²) in [6.07, 6.45) is 4.06. The van der Waals surface area contributed by atoms with Gasteiger partial charge >= 0.3 is 17.8 Å². The molecule has 1 aromatic carbocycles. The van der Waals surface area contributed by atoms with Gasteiger partial charge in [0, 0.05) is 6.08 Å². The number of aromatic nitrogens is 2. The van der Waals surface area contributed by atoms with E-state index in [1.165, 1.54) is 44.7 Å². The maximum absolute atomic E-state index is 12.0. The van der Waals surface area contributed by atoms with Crippen LogP contribution in [0.2, 0.25) is 0 Å². The van der Waals surface area contributed by atoms with Crippen LogP contribution in [0.3, 0.4) is 0 Å². The first-order valence-corrected chi connectivity index (χ1v) is 7.25. The van der Waals surface area contributed by atoms with E-state index in [2.05, 4.69) is 9.84 Å². The van der Waals surface area contributed by atoms with Crippen molar-refractivity contribution in [2.24, 2.45) is 0 Å². The van der Waals surface area contributed by atoms with E-state index in [4.69, 9.17) is 9.47 Å². The molecule has 10 heteroatoms. The normalized spacial score (nSPS) is 10.5. The Kier molecular flexibility index (Phi) is 6.04. The molecule has 0 fully saturated rings. The van der Waals surface area contributed by atoms with Gasteiger partial charge in [0.05, 0.1) is 31.6 Å². The van der Waals surface area contributed by atoms with Crippen molar-refractivity contribution in [3.8, 4) is 11.5 Å². The summed E-state index contributed by atoms with van der Waals surface area (Å²) in [5.41, 5.74) is 0.634. The summed E-state index contributed by atoms with van der Waals surface area (Å²) >= 11 is 0. The minimum Gasteiger partial charge on any atom is -0.493 e. The third-order valence-corrected chi connectivity index (χ3v) is 3.13. The highest BCUT2D eigenvalue weighted by Gasteiger charge is 2.16. The second-order valence-electron chi connectivity index (χ2n) is 4.87. The van der Waals surface area contributed by atoms with Gasteiger partial charge in [0.1, 0.15) is 0 Å². The van der Waals surface area contributed by atoms with Crippen molar-refractivity contribution in [3.05, 3.63) is 52.2 Å². The van der Waals surface area contributed by atoms with Crippen LogP contribution in [0, 0.1) is 10.1 Å². The Morgan fingerprint density at radius 3 is 2.65 bits per heavy atom. The van der Waals surface area contributed by atoms with E-state index >= 15 is 0 Å². The quantitative estimate of drug-likeness (QED) is 0.239. The van der Waals surface area contributed by atoms with Crippen molar-refractivity contribution in [1.82, 2.24) is 9.78 Å². The molecule has 0 radical (unpaired) electrons. The first kappa shape index (κ1) is 18.6. The molecule has 2 aromatic rings. The largest absolute Gasteiger partial charge is 0.493 e. The predicted molar refractivity (Wildman–Crippen MR) is 88.6 cm³/mol. The van der Waals surface area contributed by atoms with Gasteiger partial charge in [-0.1, -0.05) is 6.07 Å². The summed E-state index contributed by atoms with van der Waals surface area (Å²) in [6.45, 7) is -0.305. The van der Waals surface area contributed by atoms with Crippen LogP contribution in [0.4, 0.5) is 5.82 Å². The molecule has 0 aliphatic heterocycles. The fourth-order valence-corrected chi connectivity index (χ4v) is 1.93. The topological polar surface area (TPSA) is 123 Å². The zero-order valence-electron chi connectivity index (χ0n) is 13.9. The van der Waals surface area contributed by atoms with Gasteiger partial charge in [-0.15, -0.1) is 0 Å². The molecule has 0 unspecified atom stereocenters. The molecule has 2 rings (SSSR count). The van der Waals surface area contributed by atoms with E-state index in [9.17, 15) is 19.7 Å². The second kappa shape index (κ2) is 8.42. The summed E-state index contributed by atoms with van der Waals surface area (Å²) in [6, 6.07) is 5.86. The maximum Gasteiger partial charge on any atom is 0.389 e. The number of ether oxygens (including phenoxy) is 3. The monoisotopic (exact) mass is 361 g/mol. The van der Waals surface area contributed by atoms with Crippen molar-refractivity contribution < 1.29 is 28.7 Å². The van der Waals surface area contributed by atoms with E-state index in [-0.39, 0.29) is 23.9 Å². The summed E-state index contributed by atoms with van der Waals surface area (Å²) in [5, 5.41) is 14.2. The number of rotatable bonds is 7. The third-order valence-electron chi connectivity index (χ3n) is 3.13. The molecule has 1 heterocycles. The molecule has 136 valence electrons. The lowest BCUT2D eigenvalue weighted by Crippen LogP contribution is -2.17. The number of nitrogens with zero attached hydrogens (tertiary/aromatic N) is 3. The van der Waals surface area contributed by atoms with Gasteiger partial charge in [0.25, 0.3) is 0 Å². The zero-order valence-corrected chi connectivity index (χ0v) is 13.9. The Balaban J connectivity index is 2.07. The van der Waals surface area contributed by atoms with E-state index < -0.39 is 16.9 Å². The van der Waals surface area contributed by atoms with Crippen LogP contribution in [0.25, 0.3) is 6.08 Å². The van der Waals surface area contributed by atoms with Crippen molar-refractivity contribution in [2.75, 3.05) is 14.2 Å². The fraction of sp³-hybridized carbons (Fsp3) is 0.188. The minimum atomic E-state index is -0.681. The molecule has 0 amide bonds. The third kappa shape index (κ3) is 4.90. The van der Waals surface area contributed by atoms with E-state index in [0.717, 1.165) is 4.68 Å². The molecule has 0 spiro atoms. The molecule has 0 atom stereocenters. The highest BCUT2D eigenvalue weighted by molar-refractivity contribution is 5.87. The first-order valence-electron chi connectivity index (χ1n) is 7.25. The Bertz CT molecular complexity index is 857. The van der Waals surface area contributed by atoms with Gasteiger partial charge in [-0.2, -0.15) is 4.68 Å². The lowest BCUT2D eigenvalue weighted by molar-refractivity contribution is -0.389. The van der Waals surface area contributed by atoms with E-state index in [1.807, 2.05) is 0 Å². The van der Waals surface area contributed by atoms with Gasteiger partial charge in [-0.25, -0.2) is 9.59 Å². The lowest BCUT2D eigenvalue weighted by atomic mass is 10.2. The molecule has 0 aliphatic carbocycles. The van der Waals surface area contributed by atoms with Crippen LogP contribution in [-0.4, -0.2) is 40.9 Å². The maximum atomic E-state index is 12.0. The van der Waals surface area contributed by atoms with Crippen LogP contribution in [0.15, 0.2) is 36.5 Å². The number of methoxy groups -OCH3 is 2. The molecule has 0 bridgehead atoms. The van der Waals surface area contributed by atoms with Crippen molar-refractivity contribution in [3.63, 3.8) is 0 Å². The first-order chi connectivity index (χ1) is 12.4. The summed E-state index contributed by atoms with van der Waals surface area (Å²) in [4.78, 5) is 33.0. The van der Waals surface area contributed by atoms with Crippen molar-refractivity contribution in [2.45, 2.75) is 6.54 Å². The van der Waals surface area contributed by atoms with Crippen LogP contribution in [-0.2, 0) is 20.9 Å². The molecule has 1 aromatic heterocycles. The van der Waals surface area contributed by atoms with Crippen molar-refractivity contribution in [1.29, 1.82) is 0 Å². The van der Waals surface area contributed by atoms with Crippen LogP contribution >= 0.6 is 0 Å². The summed E-state index contributed by atoms with van der Waals surface area (Å²) in [7, 11) is 2.67. The van der Waals surface area contributed by atoms with Gasteiger partial charge in [0.2, 0.25) is 0 Å². The van der Waals surface area contributed by atoms with E-state index in [0.29, 0.717) is 5.56 Å². The Morgan fingerprint density at radius 2 is 2.04 bits per heavy atom. The number of benzene rings is 1. The lowest BCUT2D eigenvalue weighted by Gasteiger charge is -2.09. The van der Waals surface area contributed by atoms with Crippen LogP contribution < -0.4 is 9.47 Å². The Hall–Kier alpha value is -3.69. The number of carbonyl (C=O) groups excluding carboxylic acids is 2. The molecule has 0 saturated carbocycles. The highest BCUT2D eigenvalue weighted by Crippen LogP contribution is 2.28. The zero-order chi connectivity index (χ0) is 19.1. The SMILES string of the molecule is COC(=O)/C=C/c1ccc(OC(=O)Cn2ccc([N+](=O)[O-])n2)c(OC)c1. The average molecular weight is 361 g/mol. The molecule has 0 N–H and O–H groups in total. The van der Waals surface area contributed by atoms with Gasteiger partial charge < -0.3 is 24.3 Å². The number of hydrogen-bond donors (Lipinski definition) is 0. The Labute approximate surface area is 147 Å². The van der Waals surface area contributed by atoms with Crippen LogP contribution in [0.1, 0.15) is 5.56 Å². The number of hydrogen-bond acceptors (Lipinski definition) is 8. The standard InChI is InChI=1S/C16H15N3O7/c1-24-13-9-11(4-6-15(20)25-2)3-5-12(13)26-16(21)10-18-8-7-14(17-18)19(22)23/h3-9H,10H2,1-2H3/b6-4+. The molecule has 26 heavy (non-hydrogen) atoms. The van der Waals surface area contributed by atoms with Crippen LogP contribution in [0.5, 0.6) is 11.5 Å². The number of carbonyl (C=O) groups is 2. The molecule has 0 aliphatic rings.